The van der Waals surface area contributed by atoms with Gasteiger partial charge in [0.25, 0.3) is 0 Å². The summed E-state index contributed by atoms with van der Waals surface area (Å²) in [5.41, 5.74) is 0. The van der Waals surface area contributed by atoms with Gasteiger partial charge in [-0.05, 0) is 38.5 Å². The first-order chi connectivity index (χ1) is 5.81. The lowest BCUT2D eigenvalue weighted by Gasteiger charge is -2.12. The largest absolute Gasteiger partial charge is 0.317 e. The molecule has 0 rings (SSSR count). The van der Waals surface area contributed by atoms with Gasteiger partial charge in [-0.25, -0.2) is 0 Å². The van der Waals surface area contributed by atoms with Gasteiger partial charge in [-0.3, -0.25) is 0 Å². The molecule has 0 aromatic rings. The standard InChI is InChI=1S/C10H24N2/c1-4-6-7-12-9-10(3)8-11-5-2/h10-12H,4-9H2,1-3H3. The lowest BCUT2D eigenvalue weighted by Crippen LogP contribution is -2.29. The van der Waals surface area contributed by atoms with Crippen LogP contribution in [0.5, 0.6) is 0 Å². The summed E-state index contributed by atoms with van der Waals surface area (Å²) < 4.78 is 0. The van der Waals surface area contributed by atoms with Crippen molar-refractivity contribution in [2.24, 2.45) is 5.92 Å². The third-order valence-corrected chi connectivity index (χ3v) is 1.94. The van der Waals surface area contributed by atoms with E-state index >= 15 is 0 Å². The Morgan fingerprint density at radius 1 is 1.08 bits per heavy atom. The molecule has 0 radical (unpaired) electrons. The van der Waals surface area contributed by atoms with E-state index in [-0.39, 0.29) is 0 Å². The van der Waals surface area contributed by atoms with Crippen LogP contribution in [0, 0.1) is 5.92 Å². The third kappa shape index (κ3) is 8.02. The molecule has 0 bridgehead atoms. The smallest absolute Gasteiger partial charge is 0.00110 e. The number of hydrogen-bond acceptors (Lipinski definition) is 2. The quantitative estimate of drug-likeness (QED) is 0.544. The Bertz CT molecular complexity index is 83.9. The highest BCUT2D eigenvalue weighted by Crippen LogP contribution is 1.90. The first kappa shape index (κ1) is 11.9. The van der Waals surface area contributed by atoms with E-state index in [9.17, 15) is 0 Å². The van der Waals surface area contributed by atoms with Gasteiger partial charge in [0.15, 0.2) is 0 Å². The van der Waals surface area contributed by atoms with Gasteiger partial charge < -0.3 is 10.6 Å². The van der Waals surface area contributed by atoms with Crippen LogP contribution in [0.4, 0.5) is 0 Å². The summed E-state index contributed by atoms with van der Waals surface area (Å²) in [4.78, 5) is 0. The molecule has 0 aliphatic heterocycles. The van der Waals surface area contributed by atoms with Gasteiger partial charge in [0.05, 0.1) is 0 Å². The van der Waals surface area contributed by atoms with E-state index in [1.54, 1.807) is 0 Å². The van der Waals surface area contributed by atoms with E-state index in [4.69, 9.17) is 0 Å². The summed E-state index contributed by atoms with van der Waals surface area (Å²) in [6, 6.07) is 0. The monoisotopic (exact) mass is 172 g/mol. The van der Waals surface area contributed by atoms with Gasteiger partial charge in [-0.1, -0.05) is 27.2 Å². The SMILES string of the molecule is CCCCNCC(C)CNCC. The molecule has 0 spiro atoms. The zero-order valence-corrected chi connectivity index (χ0v) is 8.82. The molecule has 0 aromatic carbocycles. The molecule has 2 heteroatoms. The van der Waals surface area contributed by atoms with Crippen molar-refractivity contribution in [3.63, 3.8) is 0 Å². The Morgan fingerprint density at radius 2 is 1.75 bits per heavy atom. The fraction of sp³-hybridized carbons (Fsp3) is 1.00. The maximum atomic E-state index is 3.45. The predicted molar refractivity (Wildman–Crippen MR) is 55.5 cm³/mol. The van der Waals surface area contributed by atoms with Crippen LogP contribution < -0.4 is 10.6 Å². The number of unbranched alkanes of at least 4 members (excludes halogenated alkanes) is 1. The van der Waals surface area contributed by atoms with Crippen molar-refractivity contribution in [1.29, 1.82) is 0 Å². The van der Waals surface area contributed by atoms with Crippen LogP contribution in [0.2, 0.25) is 0 Å². The predicted octanol–water partition coefficient (Wildman–Crippen LogP) is 1.62. The van der Waals surface area contributed by atoms with E-state index in [0.29, 0.717) is 0 Å². The summed E-state index contributed by atoms with van der Waals surface area (Å²) in [5, 5.41) is 6.80. The van der Waals surface area contributed by atoms with Gasteiger partial charge in [0, 0.05) is 0 Å². The molecule has 74 valence electrons. The number of rotatable bonds is 8. The highest BCUT2D eigenvalue weighted by Gasteiger charge is 1.98. The summed E-state index contributed by atoms with van der Waals surface area (Å²) in [5.74, 6) is 0.752. The second kappa shape index (κ2) is 9.01. The molecule has 0 aliphatic carbocycles. The van der Waals surface area contributed by atoms with Crippen molar-refractivity contribution in [3.8, 4) is 0 Å². The molecule has 0 aliphatic rings. The summed E-state index contributed by atoms with van der Waals surface area (Å²) in [6.45, 7) is 11.2. The molecule has 12 heavy (non-hydrogen) atoms. The fourth-order valence-electron chi connectivity index (χ4n) is 1.11. The molecule has 1 unspecified atom stereocenters. The molecule has 0 saturated heterocycles. The Kier molecular flexibility index (Phi) is 8.95. The molecule has 0 heterocycles. The number of nitrogens with one attached hydrogen (secondary N) is 2. The molecule has 0 saturated carbocycles. The minimum absolute atomic E-state index is 0.752. The van der Waals surface area contributed by atoms with Gasteiger partial charge in [-0.15, -0.1) is 0 Å². The zero-order chi connectivity index (χ0) is 9.23. The Hall–Kier alpha value is -0.0800. The molecule has 2 nitrogen and oxygen atoms in total. The molecule has 0 fully saturated rings. The lowest BCUT2D eigenvalue weighted by molar-refractivity contribution is 0.475. The van der Waals surface area contributed by atoms with E-state index in [0.717, 1.165) is 25.6 Å². The van der Waals surface area contributed by atoms with Crippen LogP contribution in [0.15, 0.2) is 0 Å². The molecular formula is C10H24N2. The van der Waals surface area contributed by atoms with Crippen LogP contribution in [0.1, 0.15) is 33.6 Å². The molecule has 0 aromatic heterocycles. The zero-order valence-electron chi connectivity index (χ0n) is 8.82. The summed E-state index contributed by atoms with van der Waals surface area (Å²) in [6.07, 6.45) is 2.59. The minimum atomic E-state index is 0.752. The van der Waals surface area contributed by atoms with Crippen molar-refractivity contribution in [2.75, 3.05) is 26.2 Å². The van der Waals surface area contributed by atoms with Crippen molar-refractivity contribution >= 4 is 0 Å². The van der Waals surface area contributed by atoms with E-state index in [1.165, 1.54) is 19.4 Å². The van der Waals surface area contributed by atoms with Crippen molar-refractivity contribution in [2.45, 2.75) is 33.6 Å². The average Bonchev–Trinajstić information content (AvgIpc) is 2.09. The fourth-order valence-corrected chi connectivity index (χ4v) is 1.11. The normalized spacial score (nSPS) is 13.2. The second-order valence-electron chi connectivity index (χ2n) is 3.47. The van der Waals surface area contributed by atoms with Crippen LogP contribution >= 0.6 is 0 Å². The van der Waals surface area contributed by atoms with E-state index in [1.807, 2.05) is 0 Å². The first-order valence-electron chi connectivity index (χ1n) is 5.22. The first-order valence-corrected chi connectivity index (χ1v) is 5.22. The Morgan fingerprint density at radius 3 is 2.33 bits per heavy atom. The van der Waals surface area contributed by atoms with Gasteiger partial charge in [-0.2, -0.15) is 0 Å². The van der Waals surface area contributed by atoms with E-state index < -0.39 is 0 Å². The molecular weight excluding hydrogens is 148 g/mol. The van der Waals surface area contributed by atoms with Gasteiger partial charge in [0.2, 0.25) is 0 Å². The van der Waals surface area contributed by atoms with Crippen molar-refractivity contribution < 1.29 is 0 Å². The molecule has 2 N–H and O–H groups in total. The molecule has 1 atom stereocenters. The van der Waals surface area contributed by atoms with Gasteiger partial charge in [0.1, 0.15) is 0 Å². The highest BCUT2D eigenvalue weighted by atomic mass is 14.9. The molecule has 0 amide bonds. The van der Waals surface area contributed by atoms with Crippen LogP contribution in [0.3, 0.4) is 0 Å². The summed E-state index contributed by atoms with van der Waals surface area (Å²) >= 11 is 0. The topological polar surface area (TPSA) is 24.1 Å². The van der Waals surface area contributed by atoms with Crippen LogP contribution in [-0.2, 0) is 0 Å². The third-order valence-electron chi connectivity index (χ3n) is 1.94. The van der Waals surface area contributed by atoms with E-state index in [2.05, 4.69) is 31.4 Å². The van der Waals surface area contributed by atoms with Crippen molar-refractivity contribution in [1.82, 2.24) is 10.6 Å². The second-order valence-corrected chi connectivity index (χ2v) is 3.47. The summed E-state index contributed by atoms with van der Waals surface area (Å²) in [7, 11) is 0. The minimum Gasteiger partial charge on any atom is -0.317 e. The van der Waals surface area contributed by atoms with Gasteiger partial charge >= 0.3 is 0 Å². The van der Waals surface area contributed by atoms with Crippen LogP contribution in [-0.4, -0.2) is 26.2 Å². The Balaban J connectivity index is 3.02. The maximum absolute atomic E-state index is 3.45. The van der Waals surface area contributed by atoms with Crippen molar-refractivity contribution in [3.05, 3.63) is 0 Å². The number of hydrogen-bond donors (Lipinski definition) is 2. The van der Waals surface area contributed by atoms with Crippen LogP contribution in [0.25, 0.3) is 0 Å². The average molecular weight is 172 g/mol. The lowest BCUT2D eigenvalue weighted by atomic mass is 10.2. The maximum Gasteiger partial charge on any atom is -0.00110 e. The highest BCUT2D eigenvalue weighted by molar-refractivity contribution is 4.59. The Labute approximate surface area is 77.1 Å².